The largest absolute Gasteiger partial charge is 0.324 e. The minimum absolute atomic E-state index is 0.164. The van der Waals surface area contributed by atoms with Gasteiger partial charge < -0.3 is 10.3 Å². The second-order valence-electron chi connectivity index (χ2n) is 5.96. The van der Waals surface area contributed by atoms with Crippen LogP contribution in [0.2, 0.25) is 0 Å². The zero-order valence-electron chi connectivity index (χ0n) is 13.9. The van der Waals surface area contributed by atoms with Gasteiger partial charge in [0.25, 0.3) is 5.56 Å². The van der Waals surface area contributed by atoms with Gasteiger partial charge in [-0.1, -0.05) is 30.3 Å². The number of nitrogens with zero attached hydrogens (tertiary/aromatic N) is 2. The molecule has 2 heterocycles. The summed E-state index contributed by atoms with van der Waals surface area (Å²) in [5.74, 6) is -0.183. The van der Waals surface area contributed by atoms with Gasteiger partial charge in [0, 0.05) is 24.4 Å². The van der Waals surface area contributed by atoms with E-state index in [4.69, 9.17) is 0 Å². The van der Waals surface area contributed by atoms with E-state index in [1.54, 1.807) is 12.3 Å². The molecule has 0 saturated carbocycles. The third-order valence-corrected chi connectivity index (χ3v) is 4.17. The number of rotatable bonds is 4. The first-order valence-corrected chi connectivity index (χ1v) is 8.32. The van der Waals surface area contributed by atoms with E-state index < -0.39 is 0 Å². The molecule has 1 amide bonds. The van der Waals surface area contributed by atoms with Crippen molar-refractivity contribution in [2.24, 2.45) is 0 Å². The van der Waals surface area contributed by atoms with Gasteiger partial charge in [-0.2, -0.15) is 0 Å². The lowest BCUT2D eigenvalue weighted by atomic mass is 10.1. The van der Waals surface area contributed by atoms with Crippen LogP contribution in [0, 0.1) is 0 Å². The number of amides is 1. The minimum Gasteiger partial charge on any atom is -0.324 e. The summed E-state index contributed by atoms with van der Waals surface area (Å²) in [4.78, 5) is 35.9. The molecule has 6 heteroatoms. The van der Waals surface area contributed by atoms with Crippen LogP contribution in [0.25, 0.3) is 21.9 Å². The molecule has 2 aromatic heterocycles. The van der Waals surface area contributed by atoms with Crippen molar-refractivity contribution in [3.05, 3.63) is 76.8 Å². The molecule has 2 N–H and O–H groups in total. The van der Waals surface area contributed by atoms with Crippen LogP contribution in [0.15, 0.2) is 65.6 Å². The number of hydrogen-bond donors (Lipinski definition) is 2. The van der Waals surface area contributed by atoms with Gasteiger partial charge >= 0.3 is 0 Å². The van der Waals surface area contributed by atoms with Gasteiger partial charge in [0.15, 0.2) is 0 Å². The predicted molar refractivity (Wildman–Crippen MR) is 101 cm³/mol. The van der Waals surface area contributed by atoms with Crippen molar-refractivity contribution >= 4 is 33.5 Å². The summed E-state index contributed by atoms with van der Waals surface area (Å²) < 4.78 is 0. The molecule has 2 aromatic carbocycles. The SMILES string of the molecule is O=C(CCc1nc2ccccc2[nH]c1=O)Nc1cccc2cccnc12. The number of anilines is 1. The van der Waals surface area contributed by atoms with Crippen LogP contribution in [-0.2, 0) is 11.2 Å². The Hall–Kier alpha value is -3.54. The molecule has 4 aromatic rings. The molecular formula is C20H16N4O2. The van der Waals surface area contributed by atoms with Crippen molar-refractivity contribution in [3.8, 4) is 0 Å². The van der Waals surface area contributed by atoms with Gasteiger partial charge in [0.1, 0.15) is 5.69 Å². The Kier molecular flexibility index (Phi) is 4.15. The van der Waals surface area contributed by atoms with E-state index in [1.165, 1.54) is 0 Å². The number of pyridine rings is 1. The van der Waals surface area contributed by atoms with E-state index in [9.17, 15) is 9.59 Å². The summed E-state index contributed by atoms with van der Waals surface area (Å²) in [6, 6.07) is 16.7. The summed E-state index contributed by atoms with van der Waals surface area (Å²) >= 11 is 0. The second kappa shape index (κ2) is 6.76. The number of aromatic amines is 1. The molecule has 0 unspecified atom stereocenters. The fourth-order valence-electron chi connectivity index (χ4n) is 2.89. The normalized spacial score (nSPS) is 10.9. The molecule has 0 aliphatic carbocycles. The number of carbonyl (C=O) groups excluding carboxylic acids is 1. The van der Waals surface area contributed by atoms with Crippen LogP contribution in [-0.4, -0.2) is 20.9 Å². The third-order valence-electron chi connectivity index (χ3n) is 4.17. The van der Waals surface area contributed by atoms with Crippen molar-refractivity contribution in [2.45, 2.75) is 12.8 Å². The fraction of sp³-hybridized carbons (Fsp3) is 0.100. The van der Waals surface area contributed by atoms with Crippen molar-refractivity contribution < 1.29 is 4.79 Å². The van der Waals surface area contributed by atoms with E-state index in [-0.39, 0.29) is 24.3 Å². The van der Waals surface area contributed by atoms with Crippen molar-refractivity contribution in [3.63, 3.8) is 0 Å². The molecule has 0 aliphatic rings. The Morgan fingerprint density at radius 2 is 1.88 bits per heavy atom. The molecule has 0 saturated heterocycles. The lowest BCUT2D eigenvalue weighted by molar-refractivity contribution is -0.116. The van der Waals surface area contributed by atoms with Gasteiger partial charge in [-0.25, -0.2) is 4.98 Å². The van der Waals surface area contributed by atoms with E-state index in [2.05, 4.69) is 20.3 Å². The van der Waals surface area contributed by atoms with Crippen molar-refractivity contribution in [2.75, 3.05) is 5.32 Å². The lowest BCUT2D eigenvalue weighted by Gasteiger charge is -2.08. The number of nitrogens with one attached hydrogen (secondary N) is 2. The predicted octanol–water partition coefficient (Wildman–Crippen LogP) is 3.04. The summed E-state index contributed by atoms with van der Waals surface area (Å²) in [5.41, 5.74) is 2.89. The van der Waals surface area contributed by atoms with E-state index in [0.717, 1.165) is 10.9 Å². The standard InChI is InChI=1S/C20H16N4O2/c25-18(23-16-9-3-5-13-6-4-12-21-19(13)16)11-10-17-20(26)24-15-8-2-1-7-14(15)22-17/h1-9,12H,10-11H2,(H,23,25)(H,24,26). The molecule has 0 bridgehead atoms. The maximum absolute atomic E-state index is 12.3. The molecule has 0 aliphatic heterocycles. The number of benzene rings is 2. The van der Waals surface area contributed by atoms with Crippen LogP contribution < -0.4 is 10.9 Å². The molecule has 0 fully saturated rings. The highest BCUT2D eigenvalue weighted by atomic mass is 16.1. The van der Waals surface area contributed by atoms with E-state index in [0.29, 0.717) is 22.4 Å². The molecule has 6 nitrogen and oxygen atoms in total. The number of H-pyrrole nitrogens is 1. The Labute approximate surface area is 148 Å². The van der Waals surface area contributed by atoms with Crippen molar-refractivity contribution in [1.82, 2.24) is 15.0 Å². The summed E-state index contributed by atoms with van der Waals surface area (Å²) in [7, 11) is 0. The van der Waals surface area contributed by atoms with Crippen molar-refractivity contribution in [1.29, 1.82) is 0 Å². The summed E-state index contributed by atoms with van der Waals surface area (Å²) in [5, 5.41) is 3.83. The third kappa shape index (κ3) is 3.17. The first-order chi connectivity index (χ1) is 12.7. The maximum atomic E-state index is 12.3. The van der Waals surface area contributed by atoms with Gasteiger partial charge in [0.2, 0.25) is 5.91 Å². The Morgan fingerprint density at radius 3 is 2.81 bits per heavy atom. The number of aryl methyl sites for hydroxylation is 1. The number of fused-ring (bicyclic) bond motifs is 2. The van der Waals surface area contributed by atoms with Gasteiger partial charge in [-0.3, -0.25) is 14.6 Å². The highest BCUT2D eigenvalue weighted by molar-refractivity contribution is 6.00. The zero-order chi connectivity index (χ0) is 17.9. The van der Waals surface area contributed by atoms with E-state index >= 15 is 0 Å². The van der Waals surface area contributed by atoms with Crippen LogP contribution in [0.3, 0.4) is 0 Å². The molecule has 128 valence electrons. The van der Waals surface area contributed by atoms with Crippen LogP contribution in [0.4, 0.5) is 5.69 Å². The zero-order valence-corrected chi connectivity index (χ0v) is 13.9. The number of carbonyl (C=O) groups is 1. The number of para-hydroxylation sites is 3. The average Bonchev–Trinajstić information content (AvgIpc) is 2.66. The van der Waals surface area contributed by atoms with Crippen LogP contribution in [0.1, 0.15) is 12.1 Å². The Bertz CT molecular complexity index is 1160. The molecule has 0 atom stereocenters. The lowest BCUT2D eigenvalue weighted by Crippen LogP contribution is -2.19. The quantitative estimate of drug-likeness (QED) is 0.596. The Balaban J connectivity index is 1.50. The number of hydrogen-bond acceptors (Lipinski definition) is 4. The molecular weight excluding hydrogens is 328 g/mol. The topological polar surface area (TPSA) is 87.7 Å². The molecule has 0 radical (unpaired) electrons. The first-order valence-electron chi connectivity index (χ1n) is 8.32. The molecule has 4 rings (SSSR count). The maximum Gasteiger partial charge on any atom is 0.270 e. The second-order valence-corrected chi connectivity index (χ2v) is 5.96. The highest BCUT2D eigenvalue weighted by Gasteiger charge is 2.10. The first kappa shape index (κ1) is 16.0. The highest BCUT2D eigenvalue weighted by Crippen LogP contribution is 2.20. The van der Waals surface area contributed by atoms with Gasteiger partial charge in [0.05, 0.1) is 22.2 Å². The smallest absolute Gasteiger partial charge is 0.270 e. The number of aromatic nitrogens is 3. The Morgan fingerprint density at radius 1 is 1.04 bits per heavy atom. The van der Waals surface area contributed by atoms with Gasteiger partial charge in [-0.05, 0) is 24.3 Å². The van der Waals surface area contributed by atoms with Gasteiger partial charge in [-0.15, -0.1) is 0 Å². The fourth-order valence-corrected chi connectivity index (χ4v) is 2.89. The average molecular weight is 344 g/mol. The summed E-state index contributed by atoms with van der Waals surface area (Å²) in [6.07, 6.45) is 2.12. The monoisotopic (exact) mass is 344 g/mol. The minimum atomic E-state index is -0.261. The molecule has 0 spiro atoms. The van der Waals surface area contributed by atoms with Crippen LogP contribution >= 0.6 is 0 Å². The summed E-state index contributed by atoms with van der Waals surface area (Å²) in [6.45, 7) is 0. The van der Waals surface area contributed by atoms with E-state index in [1.807, 2.05) is 48.5 Å². The van der Waals surface area contributed by atoms with Crippen LogP contribution in [0.5, 0.6) is 0 Å². The molecule has 26 heavy (non-hydrogen) atoms.